The molecule has 0 aromatic heterocycles. The number of thiocarbonyl (C=S) groups is 1. The number of benzene rings is 3. The van der Waals surface area contributed by atoms with Gasteiger partial charge in [0.1, 0.15) is 11.8 Å². The molecule has 0 saturated carbocycles. The highest BCUT2D eigenvalue weighted by molar-refractivity contribution is 7.80. The molecule has 8 nitrogen and oxygen atoms in total. The van der Waals surface area contributed by atoms with Crippen LogP contribution in [0.15, 0.2) is 78.9 Å². The van der Waals surface area contributed by atoms with E-state index in [9.17, 15) is 27.6 Å². The minimum atomic E-state index is -4.82. The second-order valence-corrected chi connectivity index (χ2v) is 9.21. The van der Waals surface area contributed by atoms with Gasteiger partial charge in [-0.25, -0.2) is 4.79 Å². The third-order valence-corrected chi connectivity index (χ3v) is 6.52. The molecule has 1 saturated heterocycles. The molecule has 3 aromatic rings. The van der Waals surface area contributed by atoms with Crippen LogP contribution in [-0.4, -0.2) is 52.2 Å². The fourth-order valence-corrected chi connectivity index (χ4v) is 4.52. The van der Waals surface area contributed by atoms with E-state index in [0.29, 0.717) is 16.8 Å². The van der Waals surface area contributed by atoms with Crippen molar-refractivity contribution in [3.63, 3.8) is 0 Å². The molecule has 1 N–H and O–H groups in total. The van der Waals surface area contributed by atoms with Crippen molar-refractivity contribution in [3.8, 4) is 5.75 Å². The number of nitrogens with zero attached hydrogens (tertiary/aromatic N) is 2. The number of anilines is 1. The largest absolute Gasteiger partial charge is 0.573 e. The maximum absolute atomic E-state index is 13.5. The Labute approximate surface area is 233 Å². The van der Waals surface area contributed by atoms with E-state index in [1.165, 1.54) is 60.5 Å². The van der Waals surface area contributed by atoms with Crippen LogP contribution in [0.25, 0.3) is 0 Å². The summed E-state index contributed by atoms with van der Waals surface area (Å²) < 4.78 is 46.2. The fourth-order valence-electron chi connectivity index (χ4n) is 4.17. The summed E-state index contributed by atoms with van der Waals surface area (Å²) in [6.07, 6.45) is -5.06. The number of nitrogens with one attached hydrogen (secondary N) is 1. The summed E-state index contributed by atoms with van der Waals surface area (Å²) in [5.74, 6) is -1.74. The first-order valence-corrected chi connectivity index (χ1v) is 12.4. The van der Waals surface area contributed by atoms with Gasteiger partial charge < -0.3 is 19.7 Å². The lowest BCUT2D eigenvalue weighted by Crippen LogP contribution is -2.37. The number of hydrogen-bond donors (Lipinski definition) is 1. The molecule has 1 fully saturated rings. The number of esters is 1. The first-order chi connectivity index (χ1) is 19.0. The Kier molecular flexibility index (Phi) is 8.68. The van der Waals surface area contributed by atoms with Gasteiger partial charge in [0.25, 0.3) is 5.91 Å². The molecule has 0 bridgehead atoms. The predicted molar refractivity (Wildman–Crippen MR) is 143 cm³/mol. The van der Waals surface area contributed by atoms with E-state index in [-0.39, 0.29) is 36.3 Å². The third-order valence-electron chi connectivity index (χ3n) is 6.07. The fraction of sp³-hybridized carbons (Fsp3) is 0.214. The number of halogens is 3. The van der Waals surface area contributed by atoms with Gasteiger partial charge in [-0.2, -0.15) is 0 Å². The van der Waals surface area contributed by atoms with Crippen molar-refractivity contribution in [2.75, 3.05) is 12.4 Å². The number of alkyl halides is 3. The maximum Gasteiger partial charge on any atom is 0.573 e. The normalized spacial score (nSPS) is 15.2. The maximum atomic E-state index is 13.5. The summed E-state index contributed by atoms with van der Waals surface area (Å²) >= 11 is 5.63. The monoisotopic (exact) mass is 571 g/mol. The van der Waals surface area contributed by atoms with E-state index < -0.39 is 24.3 Å². The molecule has 0 aliphatic carbocycles. The van der Waals surface area contributed by atoms with Gasteiger partial charge in [0.15, 0.2) is 5.11 Å². The van der Waals surface area contributed by atoms with Crippen LogP contribution < -0.4 is 10.1 Å². The van der Waals surface area contributed by atoms with Crippen LogP contribution in [0.5, 0.6) is 5.75 Å². The summed E-state index contributed by atoms with van der Waals surface area (Å²) in [5, 5.41) is 2.91. The number of carbonyl (C=O) groups excluding carboxylic acids is 3. The number of carbonyl (C=O) groups is 3. The second kappa shape index (κ2) is 12.2. The van der Waals surface area contributed by atoms with Gasteiger partial charge in [-0.3, -0.25) is 14.5 Å². The van der Waals surface area contributed by atoms with Crippen molar-refractivity contribution in [1.29, 1.82) is 0 Å². The van der Waals surface area contributed by atoms with Crippen LogP contribution in [0.1, 0.15) is 27.9 Å². The smallest absolute Gasteiger partial charge is 0.465 e. The highest BCUT2D eigenvalue weighted by atomic mass is 32.1. The van der Waals surface area contributed by atoms with Crippen LogP contribution in [0.4, 0.5) is 18.9 Å². The first-order valence-electron chi connectivity index (χ1n) is 12.0. The van der Waals surface area contributed by atoms with Crippen molar-refractivity contribution in [3.05, 3.63) is 95.6 Å². The highest BCUT2D eigenvalue weighted by Gasteiger charge is 2.43. The lowest BCUT2D eigenvalue weighted by atomic mass is 10.1. The van der Waals surface area contributed by atoms with Crippen molar-refractivity contribution in [1.82, 2.24) is 9.80 Å². The number of amides is 2. The predicted octanol–water partition coefficient (Wildman–Crippen LogP) is 4.90. The van der Waals surface area contributed by atoms with Gasteiger partial charge >= 0.3 is 12.3 Å². The minimum absolute atomic E-state index is 0.0773. The Morgan fingerprint density at radius 1 is 0.925 bits per heavy atom. The van der Waals surface area contributed by atoms with Gasteiger partial charge in [-0.05, 0) is 59.7 Å². The van der Waals surface area contributed by atoms with Crippen molar-refractivity contribution >= 4 is 40.8 Å². The number of methoxy groups -OCH3 is 1. The molecule has 1 aliphatic heterocycles. The molecular weight excluding hydrogens is 547 g/mol. The van der Waals surface area contributed by atoms with Crippen LogP contribution in [-0.2, 0) is 27.4 Å². The Hall–Kier alpha value is -4.45. The number of ether oxygens (including phenoxy) is 2. The molecule has 3 aromatic carbocycles. The van der Waals surface area contributed by atoms with Gasteiger partial charge in [-0.15, -0.1) is 13.2 Å². The molecule has 4 rings (SSSR count). The van der Waals surface area contributed by atoms with E-state index in [1.807, 2.05) is 30.3 Å². The highest BCUT2D eigenvalue weighted by Crippen LogP contribution is 2.28. The van der Waals surface area contributed by atoms with E-state index >= 15 is 0 Å². The van der Waals surface area contributed by atoms with Crippen LogP contribution in [0.3, 0.4) is 0 Å². The quantitative estimate of drug-likeness (QED) is 0.289. The topological polar surface area (TPSA) is 88.2 Å². The van der Waals surface area contributed by atoms with Crippen LogP contribution >= 0.6 is 12.2 Å². The van der Waals surface area contributed by atoms with E-state index in [2.05, 4.69) is 14.8 Å². The Balaban J connectivity index is 1.52. The van der Waals surface area contributed by atoms with Crippen molar-refractivity contribution < 1.29 is 37.0 Å². The lowest BCUT2D eigenvalue weighted by Gasteiger charge is -2.24. The zero-order chi connectivity index (χ0) is 28.9. The zero-order valence-electron chi connectivity index (χ0n) is 21.2. The molecule has 0 unspecified atom stereocenters. The number of rotatable bonds is 9. The zero-order valence-corrected chi connectivity index (χ0v) is 22.0. The Morgan fingerprint density at radius 3 is 2.15 bits per heavy atom. The van der Waals surface area contributed by atoms with Gasteiger partial charge in [0.2, 0.25) is 5.91 Å². The van der Waals surface area contributed by atoms with E-state index in [4.69, 9.17) is 12.2 Å². The minimum Gasteiger partial charge on any atom is -0.465 e. The summed E-state index contributed by atoms with van der Waals surface area (Å²) in [5.41, 5.74) is 2.13. The number of hydrogen-bond acceptors (Lipinski definition) is 6. The van der Waals surface area contributed by atoms with Crippen molar-refractivity contribution in [2.45, 2.75) is 31.9 Å². The van der Waals surface area contributed by atoms with Crippen LogP contribution in [0.2, 0.25) is 0 Å². The molecule has 0 spiro atoms. The van der Waals surface area contributed by atoms with E-state index in [0.717, 1.165) is 5.56 Å². The third kappa shape index (κ3) is 7.14. The first kappa shape index (κ1) is 28.6. The van der Waals surface area contributed by atoms with Gasteiger partial charge in [0.05, 0.1) is 25.6 Å². The van der Waals surface area contributed by atoms with Gasteiger partial charge in [0, 0.05) is 12.2 Å². The molecular formula is C28H24F3N3O5S. The molecule has 12 heteroatoms. The molecule has 1 aliphatic rings. The van der Waals surface area contributed by atoms with Crippen LogP contribution in [0, 0.1) is 0 Å². The second-order valence-electron chi connectivity index (χ2n) is 8.85. The SMILES string of the molecule is COC(=O)c1ccc(NC(=O)C[C@@H]2C(=O)N(Cc3ccccc3)C(=S)N2Cc2ccc(OC(F)(F)F)cc2)cc1. The molecule has 0 radical (unpaired) electrons. The van der Waals surface area contributed by atoms with E-state index in [1.54, 1.807) is 4.90 Å². The summed E-state index contributed by atoms with van der Waals surface area (Å²) in [4.78, 5) is 41.1. The van der Waals surface area contributed by atoms with Gasteiger partial charge in [-0.1, -0.05) is 42.5 Å². The molecule has 1 heterocycles. The summed E-state index contributed by atoms with van der Waals surface area (Å²) in [7, 11) is 1.26. The summed E-state index contributed by atoms with van der Waals surface area (Å²) in [6, 6.07) is 19.5. The van der Waals surface area contributed by atoms with Crippen molar-refractivity contribution in [2.24, 2.45) is 0 Å². The average molecular weight is 572 g/mol. The standard InChI is InChI=1S/C28H24F3N3O5S/c1-38-26(37)20-9-11-21(12-10-20)32-24(35)15-23-25(36)34(17-18-5-3-2-4-6-18)27(40)33(23)16-19-7-13-22(14-8-19)39-28(29,30)31/h2-14,23H,15-17H2,1H3,(H,32,35)/t23-/m1/s1. The average Bonchev–Trinajstić information content (AvgIpc) is 3.13. The molecule has 208 valence electrons. The lowest BCUT2D eigenvalue weighted by molar-refractivity contribution is -0.274. The molecule has 40 heavy (non-hydrogen) atoms. The molecule has 1 atom stereocenters. The Morgan fingerprint density at radius 2 is 1.55 bits per heavy atom. The molecule has 2 amide bonds. The summed E-state index contributed by atoms with van der Waals surface area (Å²) in [6.45, 7) is 0.272. The Bertz CT molecular complexity index is 1380.